The molecule has 0 aliphatic rings. The van der Waals surface area contributed by atoms with Crippen LogP contribution in [0.5, 0.6) is 0 Å². The maximum atomic E-state index is 10.5. The Morgan fingerprint density at radius 2 is 1.82 bits per heavy atom. The van der Waals surface area contributed by atoms with Crippen LogP contribution in [0.15, 0.2) is 12.3 Å². The molecule has 0 radical (unpaired) electrons. The number of unbranched alkanes of at least 4 members (excludes halogenated alkanes) is 2. The predicted molar refractivity (Wildman–Crippen MR) is 82.8 cm³/mol. The Morgan fingerprint density at radius 3 is 2.50 bits per heavy atom. The Kier molecular flexibility index (Phi) is 10.9. The third kappa shape index (κ3) is 9.29. The molecule has 0 bridgehead atoms. The molecule has 0 atom stereocenters. The van der Waals surface area contributed by atoms with Crippen LogP contribution < -0.4 is 0 Å². The molecule has 1 aromatic heterocycles. The molecular weight excluding hydrogens is 284 g/mol. The van der Waals surface area contributed by atoms with E-state index < -0.39 is 0 Å². The summed E-state index contributed by atoms with van der Waals surface area (Å²) in [4.78, 5) is 10.5. The summed E-state index contributed by atoms with van der Waals surface area (Å²) in [5.41, 5.74) is 0.438. The summed E-state index contributed by atoms with van der Waals surface area (Å²) >= 11 is 0. The van der Waals surface area contributed by atoms with Crippen molar-refractivity contribution in [1.82, 2.24) is 9.78 Å². The van der Waals surface area contributed by atoms with Gasteiger partial charge in [0.25, 0.3) is 0 Å². The lowest BCUT2D eigenvalue weighted by atomic mass is 10.2. The van der Waals surface area contributed by atoms with Gasteiger partial charge in [-0.25, -0.2) is 0 Å². The van der Waals surface area contributed by atoms with E-state index in [1.807, 2.05) is 0 Å². The van der Waals surface area contributed by atoms with Crippen molar-refractivity contribution in [1.29, 1.82) is 0 Å². The first-order valence-corrected chi connectivity index (χ1v) is 7.52. The van der Waals surface area contributed by atoms with Crippen LogP contribution in [0.25, 0.3) is 0 Å². The van der Waals surface area contributed by atoms with E-state index in [0.717, 1.165) is 32.2 Å². The quantitative estimate of drug-likeness (QED) is 0.296. The van der Waals surface area contributed by atoms with Gasteiger partial charge in [0.05, 0.1) is 26.4 Å². The molecule has 0 saturated heterocycles. The zero-order chi connectivity index (χ0) is 15.9. The van der Waals surface area contributed by atoms with Gasteiger partial charge in [-0.1, -0.05) is 5.92 Å². The minimum atomic E-state index is 0.392. The zero-order valence-corrected chi connectivity index (χ0v) is 12.9. The molecule has 0 fully saturated rings. The van der Waals surface area contributed by atoms with Crippen molar-refractivity contribution in [3.63, 3.8) is 0 Å². The number of hydrogen-bond acceptors (Lipinski definition) is 5. The van der Waals surface area contributed by atoms with Crippen LogP contribution in [0.2, 0.25) is 0 Å². The van der Waals surface area contributed by atoms with Gasteiger partial charge in [-0.2, -0.15) is 5.10 Å². The fraction of sp³-hybridized carbons (Fsp3) is 0.625. The van der Waals surface area contributed by atoms with Gasteiger partial charge in [0.2, 0.25) is 0 Å². The number of rotatable bonds is 14. The van der Waals surface area contributed by atoms with Gasteiger partial charge in [0.15, 0.2) is 6.29 Å². The normalized spacial score (nSPS) is 10.5. The smallest absolute Gasteiger partial charge is 0.170 e. The van der Waals surface area contributed by atoms with Crippen LogP contribution in [-0.2, 0) is 20.8 Å². The average Bonchev–Trinajstić information content (AvgIpc) is 3.00. The summed E-state index contributed by atoms with van der Waals surface area (Å²) in [5.74, 6) is 2.44. The van der Waals surface area contributed by atoms with Crippen molar-refractivity contribution < 1.29 is 19.0 Å². The van der Waals surface area contributed by atoms with Crippen LogP contribution in [-0.4, -0.2) is 55.7 Å². The summed E-state index contributed by atoms with van der Waals surface area (Å²) in [5, 5.41) is 4.04. The fourth-order valence-corrected chi connectivity index (χ4v) is 1.76. The summed E-state index contributed by atoms with van der Waals surface area (Å²) in [6.45, 7) is 4.18. The van der Waals surface area contributed by atoms with E-state index in [1.54, 1.807) is 16.9 Å². The van der Waals surface area contributed by atoms with E-state index in [1.165, 1.54) is 0 Å². The standard InChI is InChI=1S/C16H24N2O4/c1-2-9-20-10-4-3-5-11-21-13-14-22-12-8-18-7-6-16(15-19)17-18/h1,6-7,15H,3-5,8-14H2. The molecule has 0 spiro atoms. The average molecular weight is 308 g/mol. The lowest BCUT2D eigenvalue weighted by Gasteiger charge is -2.06. The van der Waals surface area contributed by atoms with Crippen molar-refractivity contribution in [3.8, 4) is 12.3 Å². The lowest BCUT2D eigenvalue weighted by Crippen LogP contribution is -2.11. The third-order valence-electron chi connectivity index (χ3n) is 2.88. The molecule has 6 heteroatoms. The fourth-order valence-electron chi connectivity index (χ4n) is 1.76. The van der Waals surface area contributed by atoms with Crippen LogP contribution >= 0.6 is 0 Å². The van der Waals surface area contributed by atoms with E-state index in [9.17, 15) is 4.79 Å². The first-order valence-electron chi connectivity index (χ1n) is 7.52. The Balaban J connectivity index is 1.80. The topological polar surface area (TPSA) is 62.6 Å². The molecule has 1 heterocycles. The highest BCUT2D eigenvalue weighted by atomic mass is 16.5. The highest BCUT2D eigenvalue weighted by Crippen LogP contribution is 1.97. The summed E-state index contributed by atoms with van der Waals surface area (Å²) < 4.78 is 17.8. The molecular formula is C16H24N2O4. The van der Waals surface area contributed by atoms with E-state index in [-0.39, 0.29) is 0 Å². The van der Waals surface area contributed by atoms with Crippen LogP contribution in [0.1, 0.15) is 29.8 Å². The molecule has 0 unspecified atom stereocenters. The molecule has 6 nitrogen and oxygen atoms in total. The largest absolute Gasteiger partial charge is 0.379 e. The highest BCUT2D eigenvalue weighted by molar-refractivity contribution is 5.71. The molecule has 0 aromatic carbocycles. The second kappa shape index (κ2) is 13.0. The second-order valence-electron chi connectivity index (χ2n) is 4.66. The Bertz CT molecular complexity index is 440. The number of carbonyl (C=O) groups excluding carboxylic acids is 1. The molecule has 22 heavy (non-hydrogen) atoms. The SMILES string of the molecule is C#CCOCCCCCOCCOCCn1ccc(C=O)n1. The van der Waals surface area contributed by atoms with Crippen molar-refractivity contribution in [2.75, 3.05) is 39.6 Å². The number of nitrogens with zero attached hydrogens (tertiary/aromatic N) is 2. The summed E-state index contributed by atoms with van der Waals surface area (Å²) in [6, 6.07) is 1.67. The van der Waals surface area contributed by atoms with Crippen LogP contribution in [0.3, 0.4) is 0 Å². The van der Waals surface area contributed by atoms with Crippen molar-refractivity contribution >= 4 is 6.29 Å². The van der Waals surface area contributed by atoms with E-state index >= 15 is 0 Å². The summed E-state index contributed by atoms with van der Waals surface area (Å²) in [7, 11) is 0. The van der Waals surface area contributed by atoms with Gasteiger partial charge in [-0.15, -0.1) is 6.42 Å². The molecule has 0 saturated carbocycles. The van der Waals surface area contributed by atoms with Gasteiger partial charge in [-0.05, 0) is 25.3 Å². The third-order valence-corrected chi connectivity index (χ3v) is 2.88. The number of aromatic nitrogens is 2. The molecule has 0 N–H and O–H groups in total. The first kappa shape index (κ1) is 18.4. The minimum Gasteiger partial charge on any atom is -0.379 e. The molecule has 0 aliphatic carbocycles. The monoisotopic (exact) mass is 308 g/mol. The van der Waals surface area contributed by atoms with Crippen LogP contribution in [0, 0.1) is 12.3 Å². The van der Waals surface area contributed by atoms with Crippen molar-refractivity contribution in [2.24, 2.45) is 0 Å². The predicted octanol–water partition coefficient (Wildman–Crippen LogP) is 1.55. The highest BCUT2D eigenvalue weighted by Gasteiger charge is 1.97. The number of carbonyl (C=O) groups is 1. The molecule has 122 valence electrons. The van der Waals surface area contributed by atoms with E-state index in [2.05, 4.69) is 11.0 Å². The van der Waals surface area contributed by atoms with Crippen molar-refractivity contribution in [2.45, 2.75) is 25.8 Å². The Morgan fingerprint density at radius 1 is 1.09 bits per heavy atom. The maximum absolute atomic E-state index is 10.5. The van der Waals surface area contributed by atoms with E-state index in [4.69, 9.17) is 20.6 Å². The molecule has 0 aliphatic heterocycles. The maximum Gasteiger partial charge on any atom is 0.170 e. The minimum absolute atomic E-state index is 0.392. The number of ether oxygens (including phenoxy) is 3. The number of aldehydes is 1. The molecule has 0 amide bonds. The Hall–Kier alpha value is -1.68. The second-order valence-corrected chi connectivity index (χ2v) is 4.66. The molecule has 1 aromatic rings. The van der Waals surface area contributed by atoms with E-state index in [0.29, 0.717) is 45.3 Å². The zero-order valence-electron chi connectivity index (χ0n) is 12.9. The van der Waals surface area contributed by atoms with Gasteiger partial charge in [0, 0.05) is 19.4 Å². The molecule has 1 rings (SSSR count). The Labute approximate surface area is 131 Å². The lowest BCUT2D eigenvalue weighted by molar-refractivity contribution is 0.0420. The first-order chi connectivity index (χ1) is 10.9. The van der Waals surface area contributed by atoms with Crippen molar-refractivity contribution in [3.05, 3.63) is 18.0 Å². The summed E-state index contributed by atoms with van der Waals surface area (Å²) in [6.07, 6.45) is 10.7. The van der Waals surface area contributed by atoms with Gasteiger partial charge < -0.3 is 14.2 Å². The van der Waals surface area contributed by atoms with Gasteiger partial charge in [-0.3, -0.25) is 9.48 Å². The van der Waals surface area contributed by atoms with Gasteiger partial charge >= 0.3 is 0 Å². The van der Waals surface area contributed by atoms with Crippen LogP contribution in [0.4, 0.5) is 0 Å². The number of hydrogen-bond donors (Lipinski definition) is 0. The van der Waals surface area contributed by atoms with Gasteiger partial charge in [0.1, 0.15) is 12.3 Å². The number of terminal acetylenes is 1.